The molecule has 0 radical (unpaired) electrons. The summed E-state index contributed by atoms with van der Waals surface area (Å²) in [5, 5.41) is 14.2. The minimum atomic E-state index is -3.69. The number of carboxylic acid groups (broad SMARTS) is 1. The van der Waals surface area contributed by atoms with Gasteiger partial charge in [0.05, 0.1) is 23.3 Å². The molecule has 0 spiro atoms. The van der Waals surface area contributed by atoms with E-state index in [1.807, 2.05) is 0 Å². The number of carbonyl (C=O) groups is 1. The molecular formula is C22H26FN7O4S. The summed E-state index contributed by atoms with van der Waals surface area (Å²) in [4.78, 5) is 27.4. The fraction of sp³-hybridized carbons (Fsp3) is 0.364. The van der Waals surface area contributed by atoms with Crippen molar-refractivity contribution in [1.82, 2.24) is 25.3 Å². The summed E-state index contributed by atoms with van der Waals surface area (Å²) in [7, 11) is -3.69. The van der Waals surface area contributed by atoms with Crippen LogP contribution >= 0.6 is 0 Å². The molecule has 1 aliphatic carbocycles. The molecule has 0 saturated heterocycles. The van der Waals surface area contributed by atoms with Gasteiger partial charge in [-0.1, -0.05) is 0 Å². The molecule has 5 N–H and O–H groups in total. The van der Waals surface area contributed by atoms with Crippen LogP contribution in [0.1, 0.15) is 37.1 Å². The van der Waals surface area contributed by atoms with Gasteiger partial charge in [0.1, 0.15) is 11.5 Å². The number of halogens is 1. The van der Waals surface area contributed by atoms with E-state index < -0.39 is 21.9 Å². The number of rotatable bonds is 9. The summed E-state index contributed by atoms with van der Waals surface area (Å²) in [5.41, 5.74) is 1.88. The van der Waals surface area contributed by atoms with Crippen molar-refractivity contribution in [2.75, 3.05) is 22.8 Å². The smallest absolute Gasteiger partial charge is 0.404 e. The van der Waals surface area contributed by atoms with Crippen molar-refractivity contribution in [2.45, 2.75) is 38.6 Å². The van der Waals surface area contributed by atoms with Gasteiger partial charge in [-0.3, -0.25) is 4.72 Å². The maximum Gasteiger partial charge on any atom is 0.404 e. The number of imidazole rings is 1. The Balaban J connectivity index is 1.73. The molecule has 1 amide bonds. The minimum absolute atomic E-state index is 0.140. The molecule has 11 nitrogen and oxygen atoms in total. The van der Waals surface area contributed by atoms with Crippen molar-refractivity contribution >= 4 is 27.8 Å². The largest absolute Gasteiger partial charge is 0.465 e. The predicted molar refractivity (Wildman–Crippen MR) is 129 cm³/mol. The van der Waals surface area contributed by atoms with Crippen LogP contribution in [0.15, 0.2) is 24.4 Å². The van der Waals surface area contributed by atoms with Gasteiger partial charge in [-0.05, 0) is 50.5 Å². The van der Waals surface area contributed by atoms with Gasteiger partial charge in [-0.2, -0.15) is 0 Å². The van der Waals surface area contributed by atoms with E-state index in [0.29, 0.717) is 28.5 Å². The van der Waals surface area contributed by atoms with E-state index in [9.17, 15) is 13.2 Å². The molecule has 0 bridgehead atoms. The molecule has 2 aromatic heterocycles. The second-order valence-corrected chi connectivity index (χ2v) is 10.4. The lowest BCUT2D eigenvalue weighted by molar-refractivity contribution is 0.191. The topological polar surface area (TPSA) is 162 Å². The van der Waals surface area contributed by atoms with Crippen molar-refractivity contribution in [3.63, 3.8) is 0 Å². The molecule has 3 aromatic rings. The summed E-state index contributed by atoms with van der Waals surface area (Å²) >= 11 is 0. The maximum absolute atomic E-state index is 15.5. The van der Waals surface area contributed by atoms with Crippen LogP contribution < -0.4 is 15.4 Å². The summed E-state index contributed by atoms with van der Waals surface area (Å²) in [6, 6.07) is 4.30. The Hall–Kier alpha value is -3.74. The predicted octanol–water partition coefficient (Wildman–Crippen LogP) is 3.30. The maximum atomic E-state index is 15.5. The third kappa shape index (κ3) is 6.04. The average molecular weight is 504 g/mol. The van der Waals surface area contributed by atoms with Gasteiger partial charge < -0.3 is 20.7 Å². The number of H-pyrrole nitrogens is 1. The van der Waals surface area contributed by atoms with Crippen LogP contribution in [-0.2, 0) is 10.0 Å². The zero-order valence-corrected chi connectivity index (χ0v) is 20.2. The summed E-state index contributed by atoms with van der Waals surface area (Å²) in [6.07, 6.45) is 3.30. The SMILES string of the molecule is Cc1cc(NS(C)(=O)=O)c(F)c(-c2nc(C3CC3)[nH]c2-c2ccnc(NCC(C)NC(=O)O)n2)c1. The summed E-state index contributed by atoms with van der Waals surface area (Å²) in [6.45, 7) is 3.69. The number of aromatic amines is 1. The van der Waals surface area contributed by atoms with Crippen molar-refractivity contribution in [2.24, 2.45) is 0 Å². The normalized spacial score (nSPS) is 14.4. The number of aromatic nitrogens is 4. The highest BCUT2D eigenvalue weighted by Gasteiger charge is 2.30. The second kappa shape index (κ2) is 9.49. The monoisotopic (exact) mass is 503 g/mol. The molecule has 0 aliphatic heterocycles. The lowest BCUT2D eigenvalue weighted by atomic mass is 10.0. The molecule has 13 heteroatoms. The molecule has 1 fully saturated rings. The van der Waals surface area contributed by atoms with Crippen molar-refractivity contribution in [1.29, 1.82) is 0 Å². The van der Waals surface area contributed by atoms with E-state index in [4.69, 9.17) is 5.11 Å². The lowest BCUT2D eigenvalue weighted by Gasteiger charge is -2.13. The van der Waals surface area contributed by atoms with Crippen LogP contribution in [0.25, 0.3) is 22.6 Å². The van der Waals surface area contributed by atoms with Crippen LogP contribution in [0.5, 0.6) is 0 Å². The van der Waals surface area contributed by atoms with E-state index in [1.54, 1.807) is 26.0 Å². The molecule has 1 aromatic carbocycles. The number of anilines is 2. The number of benzene rings is 1. The zero-order chi connectivity index (χ0) is 25.3. The fourth-order valence-electron chi connectivity index (χ4n) is 3.63. The van der Waals surface area contributed by atoms with Crippen molar-refractivity contribution in [3.8, 4) is 22.6 Å². The Morgan fingerprint density at radius 2 is 2.06 bits per heavy atom. The first kappa shape index (κ1) is 24.4. The van der Waals surface area contributed by atoms with Gasteiger partial charge in [-0.25, -0.2) is 32.6 Å². The van der Waals surface area contributed by atoms with Crippen molar-refractivity contribution < 1.29 is 22.7 Å². The molecule has 1 saturated carbocycles. The molecule has 186 valence electrons. The van der Waals surface area contributed by atoms with Gasteiger partial charge in [-0.15, -0.1) is 0 Å². The molecule has 1 atom stereocenters. The number of sulfonamides is 1. The Kier molecular flexibility index (Phi) is 6.61. The van der Waals surface area contributed by atoms with Crippen LogP contribution in [0.4, 0.5) is 20.8 Å². The number of hydrogen-bond donors (Lipinski definition) is 5. The first-order valence-corrected chi connectivity index (χ1v) is 12.8. The van der Waals surface area contributed by atoms with Crippen LogP contribution in [-0.4, -0.2) is 58.4 Å². The van der Waals surface area contributed by atoms with E-state index in [1.165, 1.54) is 12.3 Å². The van der Waals surface area contributed by atoms with E-state index >= 15 is 4.39 Å². The third-order valence-electron chi connectivity index (χ3n) is 5.30. The van der Waals surface area contributed by atoms with Crippen LogP contribution in [0.3, 0.4) is 0 Å². The molecule has 1 unspecified atom stereocenters. The fourth-order valence-corrected chi connectivity index (χ4v) is 4.17. The first-order chi connectivity index (χ1) is 16.5. The van der Waals surface area contributed by atoms with E-state index in [-0.39, 0.29) is 35.7 Å². The molecule has 1 aliphatic rings. The zero-order valence-electron chi connectivity index (χ0n) is 19.4. The molecular weight excluding hydrogens is 477 g/mol. The summed E-state index contributed by atoms with van der Waals surface area (Å²) in [5.74, 6) is 0.476. The number of amides is 1. The van der Waals surface area contributed by atoms with Gasteiger partial charge in [0.25, 0.3) is 0 Å². The number of hydrogen-bond acceptors (Lipinski definition) is 7. The molecule has 35 heavy (non-hydrogen) atoms. The Labute approximate surface area is 201 Å². The number of aryl methyl sites for hydroxylation is 1. The molecule has 2 heterocycles. The third-order valence-corrected chi connectivity index (χ3v) is 5.89. The second-order valence-electron chi connectivity index (χ2n) is 8.67. The van der Waals surface area contributed by atoms with Crippen LogP contribution in [0.2, 0.25) is 0 Å². The Morgan fingerprint density at radius 3 is 2.71 bits per heavy atom. The van der Waals surface area contributed by atoms with Crippen molar-refractivity contribution in [3.05, 3.63) is 41.6 Å². The highest BCUT2D eigenvalue weighted by atomic mass is 32.2. The average Bonchev–Trinajstić information content (AvgIpc) is 3.52. The minimum Gasteiger partial charge on any atom is -0.465 e. The van der Waals surface area contributed by atoms with Gasteiger partial charge >= 0.3 is 6.09 Å². The first-order valence-electron chi connectivity index (χ1n) is 10.9. The Morgan fingerprint density at radius 1 is 1.31 bits per heavy atom. The van der Waals surface area contributed by atoms with Gasteiger partial charge in [0.15, 0.2) is 5.82 Å². The van der Waals surface area contributed by atoms with Gasteiger partial charge in [0, 0.05) is 30.3 Å². The standard InChI is InChI=1S/C22H26FN7O4S/c1-11-8-14(17(23)16(9-11)30-35(3,33)34)18-19(29-20(28-18)13-4-5-13)15-6-7-24-21(27-15)25-10-12(2)26-22(31)32/h6-9,12-13,26,30H,4-5,10H2,1-3H3,(H,28,29)(H,31,32)(H,24,25,27). The number of nitrogens with zero attached hydrogens (tertiary/aromatic N) is 3. The number of nitrogens with one attached hydrogen (secondary N) is 4. The van der Waals surface area contributed by atoms with E-state index in [2.05, 4.69) is 35.3 Å². The molecule has 4 rings (SSSR count). The Bertz CT molecular complexity index is 1370. The van der Waals surface area contributed by atoms with Gasteiger partial charge in [0.2, 0.25) is 16.0 Å². The highest BCUT2D eigenvalue weighted by molar-refractivity contribution is 7.92. The van der Waals surface area contributed by atoms with Crippen LogP contribution in [0, 0.1) is 12.7 Å². The highest BCUT2D eigenvalue weighted by Crippen LogP contribution is 2.42. The summed E-state index contributed by atoms with van der Waals surface area (Å²) < 4.78 is 41.2. The lowest BCUT2D eigenvalue weighted by Crippen LogP contribution is -2.36. The van der Waals surface area contributed by atoms with E-state index in [0.717, 1.165) is 19.1 Å². The quantitative estimate of drug-likeness (QED) is 0.297.